The van der Waals surface area contributed by atoms with Gasteiger partial charge in [-0.3, -0.25) is 0 Å². The maximum atomic E-state index is 12.2. The van der Waals surface area contributed by atoms with E-state index in [1.807, 2.05) is 0 Å². The number of carbonyl (C=O) groups is 2. The lowest BCUT2D eigenvalue weighted by Gasteiger charge is -2.04. The second-order valence-electron chi connectivity index (χ2n) is 5.32. The lowest BCUT2D eigenvalue weighted by Crippen LogP contribution is -2.06. The molecule has 0 saturated heterocycles. The van der Waals surface area contributed by atoms with Crippen LogP contribution in [-0.4, -0.2) is 31.6 Å². The smallest absolute Gasteiger partial charge is 0.387 e. The van der Waals surface area contributed by atoms with Gasteiger partial charge in [0.1, 0.15) is 5.75 Å². The first-order chi connectivity index (χ1) is 13.0. The molecule has 8 heteroatoms. The van der Waals surface area contributed by atoms with E-state index in [1.165, 1.54) is 37.5 Å². The van der Waals surface area contributed by atoms with Crippen LogP contribution in [0.15, 0.2) is 59.2 Å². The molecule has 6 nitrogen and oxygen atoms in total. The highest BCUT2D eigenvalue weighted by Gasteiger charge is 2.25. The predicted octanol–water partition coefficient (Wildman–Crippen LogP) is 3.42. The second-order valence-corrected chi connectivity index (χ2v) is 5.32. The number of alkyl halides is 2. The molecule has 0 spiro atoms. The van der Waals surface area contributed by atoms with Gasteiger partial charge in [-0.2, -0.15) is 8.78 Å². The van der Waals surface area contributed by atoms with Crippen LogP contribution in [0.4, 0.5) is 8.78 Å². The third-order valence-electron chi connectivity index (χ3n) is 3.61. The van der Waals surface area contributed by atoms with Crippen LogP contribution in [-0.2, 0) is 14.3 Å². The molecule has 0 atom stereocenters. The number of halogens is 2. The van der Waals surface area contributed by atoms with Gasteiger partial charge in [0.05, 0.1) is 12.7 Å². The zero-order valence-electron chi connectivity index (χ0n) is 14.0. The molecule has 0 unspecified atom stereocenters. The minimum Gasteiger partial charge on any atom is -0.465 e. The molecule has 3 rings (SSSR count). The summed E-state index contributed by atoms with van der Waals surface area (Å²) in [5.74, 6) is -1.25. The molecule has 0 fully saturated rings. The fourth-order valence-corrected chi connectivity index (χ4v) is 2.38. The van der Waals surface area contributed by atoms with Crippen molar-refractivity contribution in [1.29, 1.82) is 0 Å². The van der Waals surface area contributed by atoms with Crippen molar-refractivity contribution in [1.82, 2.24) is 0 Å². The largest absolute Gasteiger partial charge is 0.465 e. The molecule has 1 aliphatic heterocycles. The summed E-state index contributed by atoms with van der Waals surface area (Å²) in [6, 6.07) is 12.1. The number of rotatable bonds is 5. The Kier molecular flexibility index (Phi) is 5.25. The van der Waals surface area contributed by atoms with Crippen molar-refractivity contribution in [2.75, 3.05) is 7.11 Å². The van der Waals surface area contributed by atoms with Gasteiger partial charge in [-0.1, -0.05) is 18.2 Å². The summed E-state index contributed by atoms with van der Waals surface area (Å²) in [6.45, 7) is -2.93. The van der Waals surface area contributed by atoms with Gasteiger partial charge in [-0.05, 0) is 42.0 Å². The molecule has 2 aromatic carbocycles. The lowest BCUT2D eigenvalue weighted by atomic mass is 10.1. The molecule has 138 valence electrons. The number of carbonyl (C=O) groups excluding carboxylic acids is 2. The van der Waals surface area contributed by atoms with Crippen molar-refractivity contribution < 1.29 is 32.6 Å². The maximum absolute atomic E-state index is 12.2. The van der Waals surface area contributed by atoms with Crippen molar-refractivity contribution in [3.05, 3.63) is 70.9 Å². The van der Waals surface area contributed by atoms with Crippen LogP contribution >= 0.6 is 0 Å². The summed E-state index contributed by atoms with van der Waals surface area (Å²) in [7, 11) is 1.26. The summed E-state index contributed by atoms with van der Waals surface area (Å²) in [6.07, 6.45) is 1.41. The number of hydrogen-bond donors (Lipinski definition) is 0. The Morgan fingerprint density at radius 2 is 1.85 bits per heavy atom. The average Bonchev–Trinajstić information content (AvgIpc) is 3.02. The number of ether oxygens (including phenoxy) is 3. The lowest BCUT2D eigenvalue weighted by molar-refractivity contribution is -0.129. The van der Waals surface area contributed by atoms with E-state index in [9.17, 15) is 18.4 Å². The van der Waals surface area contributed by atoms with Crippen LogP contribution in [0, 0.1) is 0 Å². The molecular weight excluding hydrogens is 360 g/mol. The molecule has 0 radical (unpaired) electrons. The third kappa shape index (κ3) is 4.17. The third-order valence-corrected chi connectivity index (χ3v) is 3.61. The van der Waals surface area contributed by atoms with Gasteiger partial charge in [-0.25, -0.2) is 14.6 Å². The summed E-state index contributed by atoms with van der Waals surface area (Å²) < 4.78 is 38.5. The number of aliphatic imine (C=N–C) groups is 1. The molecule has 1 heterocycles. The molecule has 27 heavy (non-hydrogen) atoms. The Bertz CT molecular complexity index is 935. The number of methoxy groups -OCH3 is 1. The van der Waals surface area contributed by atoms with E-state index in [4.69, 9.17) is 9.47 Å². The van der Waals surface area contributed by atoms with E-state index in [1.54, 1.807) is 24.3 Å². The quantitative estimate of drug-likeness (QED) is 0.593. The Morgan fingerprint density at radius 3 is 2.52 bits per heavy atom. The topological polar surface area (TPSA) is 74.2 Å². The van der Waals surface area contributed by atoms with Crippen LogP contribution < -0.4 is 4.74 Å². The Balaban J connectivity index is 1.89. The van der Waals surface area contributed by atoms with Gasteiger partial charge < -0.3 is 14.2 Å². The van der Waals surface area contributed by atoms with Crippen molar-refractivity contribution >= 4 is 23.9 Å². The highest BCUT2D eigenvalue weighted by molar-refractivity contribution is 6.13. The number of esters is 2. The van der Waals surface area contributed by atoms with Gasteiger partial charge in [0, 0.05) is 5.56 Å². The van der Waals surface area contributed by atoms with Crippen molar-refractivity contribution in [3.63, 3.8) is 0 Å². The molecular formula is C19H13F2NO5. The van der Waals surface area contributed by atoms with Gasteiger partial charge in [-0.15, -0.1) is 0 Å². The van der Waals surface area contributed by atoms with Gasteiger partial charge >= 0.3 is 18.6 Å². The number of cyclic esters (lactones) is 1. The predicted molar refractivity (Wildman–Crippen MR) is 91.5 cm³/mol. The van der Waals surface area contributed by atoms with Crippen LogP contribution in [0.1, 0.15) is 21.5 Å². The highest BCUT2D eigenvalue weighted by Crippen LogP contribution is 2.23. The summed E-state index contributed by atoms with van der Waals surface area (Å²) in [5.41, 5.74) is 1.13. The van der Waals surface area contributed by atoms with E-state index < -0.39 is 18.6 Å². The monoisotopic (exact) mass is 373 g/mol. The second kappa shape index (κ2) is 7.77. The zero-order valence-corrected chi connectivity index (χ0v) is 14.0. The zero-order chi connectivity index (χ0) is 19.4. The van der Waals surface area contributed by atoms with E-state index in [0.717, 1.165) is 0 Å². The van der Waals surface area contributed by atoms with Crippen LogP contribution in [0.3, 0.4) is 0 Å². The summed E-state index contributed by atoms with van der Waals surface area (Å²) >= 11 is 0. The standard InChI is InChI=1S/C19H13F2NO5/c1-25-17(23)14-5-3-2-4-12(14)10-15-18(24)27-16(22-15)11-6-8-13(9-7-11)26-19(20)21/h2-10,19H,1H3/b15-10-. The van der Waals surface area contributed by atoms with Gasteiger partial charge in [0.25, 0.3) is 0 Å². The van der Waals surface area contributed by atoms with E-state index in [-0.39, 0.29) is 22.9 Å². The minimum atomic E-state index is -2.93. The Hall–Kier alpha value is -3.55. The van der Waals surface area contributed by atoms with Crippen LogP contribution in [0.5, 0.6) is 5.75 Å². The Labute approximate surface area is 152 Å². The first kappa shape index (κ1) is 18.2. The van der Waals surface area contributed by atoms with Crippen molar-refractivity contribution in [3.8, 4) is 5.75 Å². The van der Waals surface area contributed by atoms with E-state index in [2.05, 4.69) is 9.73 Å². The highest BCUT2D eigenvalue weighted by atomic mass is 19.3. The molecule has 0 N–H and O–H groups in total. The van der Waals surface area contributed by atoms with Gasteiger partial charge in [0.2, 0.25) is 5.90 Å². The van der Waals surface area contributed by atoms with Crippen LogP contribution in [0.2, 0.25) is 0 Å². The SMILES string of the molecule is COC(=O)c1ccccc1/C=C1\N=C(c2ccc(OC(F)F)cc2)OC1=O. The first-order valence-electron chi connectivity index (χ1n) is 7.73. The summed E-state index contributed by atoms with van der Waals surface area (Å²) in [4.78, 5) is 28.0. The number of benzene rings is 2. The summed E-state index contributed by atoms with van der Waals surface area (Å²) in [5, 5.41) is 0. The average molecular weight is 373 g/mol. The molecule has 0 amide bonds. The fourth-order valence-electron chi connectivity index (χ4n) is 2.38. The molecule has 0 aromatic heterocycles. The Morgan fingerprint density at radius 1 is 1.15 bits per heavy atom. The normalized spacial score (nSPS) is 14.9. The fraction of sp³-hybridized carbons (Fsp3) is 0.105. The van der Waals surface area contributed by atoms with E-state index in [0.29, 0.717) is 11.1 Å². The van der Waals surface area contributed by atoms with Gasteiger partial charge in [0.15, 0.2) is 5.70 Å². The number of nitrogens with zero attached hydrogens (tertiary/aromatic N) is 1. The molecule has 2 aromatic rings. The first-order valence-corrected chi connectivity index (χ1v) is 7.73. The minimum absolute atomic E-state index is 0.00531. The van der Waals surface area contributed by atoms with Crippen molar-refractivity contribution in [2.45, 2.75) is 6.61 Å². The maximum Gasteiger partial charge on any atom is 0.387 e. The van der Waals surface area contributed by atoms with E-state index >= 15 is 0 Å². The molecule has 0 saturated carbocycles. The number of hydrogen-bond acceptors (Lipinski definition) is 6. The molecule has 0 aliphatic carbocycles. The van der Waals surface area contributed by atoms with Crippen LogP contribution in [0.25, 0.3) is 6.08 Å². The molecule has 0 bridgehead atoms. The van der Waals surface area contributed by atoms with Crippen molar-refractivity contribution in [2.24, 2.45) is 4.99 Å². The molecule has 1 aliphatic rings.